The Kier molecular flexibility index (Phi) is 6.49. The Balaban J connectivity index is 0.00000200. The van der Waals surface area contributed by atoms with E-state index in [4.69, 9.17) is 5.73 Å². The Morgan fingerprint density at radius 1 is 1.45 bits per heavy atom. The second-order valence-electron chi connectivity index (χ2n) is 5.41. The summed E-state index contributed by atoms with van der Waals surface area (Å²) in [5.41, 5.74) is 6.35. The lowest BCUT2D eigenvalue weighted by Crippen LogP contribution is -2.48. The summed E-state index contributed by atoms with van der Waals surface area (Å²) in [6.45, 7) is 2.42. The van der Waals surface area contributed by atoms with Crippen LogP contribution in [0, 0.1) is 0 Å². The lowest BCUT2D eigenvalue weighted by molar-refractivity contribution is -0.127. The second kappa shape index (κ2) is 7.43. The zero-order valence-electron chi connectivity index (χ0n) is 11.7. The Bertz CT molecular complexity index is 461. The van der Waals surface area contributed by atoms with Gasteiger partial charge in [0.1, 0.15) is 0 Å². The lowest BCUT2D eigenvalue weighted by Gasteiger charge is -2.30. The zero-order chi connectivity index (χ0) is 13.9. The fourth-order valence-electron chi connectivity index (χ4n) is 2.83. The minimum atomic E-state index is -0.368. The van der Waals surface area contributed by atoms with Crippen LogP contribution in [0.15, 0.2) is 28.7 Å². The molecule has 1 saturated carbocycles. The number of hydrogen-bond acceptors (Lipinski definition) is 2. The van der Waals surface area contributed by atoms with Crippen LogP contribution in [-0.2, 0) is 10.2 Å². The van der Waals surface area contributed by atoms with Gasteiger partial charge in [0.2, 0.25) is 5.91 Å². The van der Waals surface area contributed by atoms with Crippen LogP contribution >= 0.6 is 28.3 Å². The van der Waals surface area contributed by atoms with Gasteiger partial charge in [-0.1, -0.05) is 40.9 Å². The summed E-state index contributed by atoms with van der Waals surface area (Å²) in [7, 11) is 0. The standard InChI is InChI=1S/C15H21BrN2O.ClH/c1-11(10-17)18-14(19)15(7-2-3-8-15)12-5-4-6-13(16)9-12;/h4-6,9,11H,2-3,7-8,10,17H2,1H3,(H,18,19);1H/t11-;/m0./s1. The minimum Gasteiger partial charge on any atom is -0.352 e. The third-order valence-electron chi connectivity index (χ3n) is 4.00. The van der Waals surface area contributed by atoms with E-state index in [2.05, 4.69) is 33.4 Å². The fraction of sp³-hybridized carbons (Fsp3) is 0.533. The minimum absolute atomic E-state index is 0. The highest BCUT2D eigenvalue weighted by Crippen LogP contribution is 2.42. The van der Waals surface area contributed by atoms with Gasteiger partial charge in [-0.05, 0) is 37.5 Å². The van der Waals surface area contributed by atoms with E-state index >= 15 is 0 Å². The number of halogens is 2. The molecule has 0 saturated heterocycles. The molecule has 1 atom stereocenters. The Morgan fingerprint density at radius 2 is 2.10 bits per heavy atom. The van der Waals surface area contributed by atoms with Crippen molar-refractivity contribution in [1.29, 1.82) is 0 Å². The molecule has 1 aromatic rings. The molecular weight excluding hydrogens is 340 g/mol. The van der Waals surface area contributed by atoms with E-state index < -0.39 is 0 Å². The van der Waals surface area contributed by atoms with Gasteiger partial charge in [0.15, 0.2) is 0 Å². The predicted octanol–water partition coefficient (Wildman–Crippen LogP) is 3.15. The maximum Gasteiger partial charge on any atom is 0.230 e. The van der Waals surface area contributed by atoms with Crippen molar-refractivity contribution < 1.29 is 4.79 Å². The molecule has 1 aliphatic rings. The van der Waals surface area contributed by atoms with Gasteiger partial charge < -0.3 is 11.1 Å². The van der Waals surface area contributed by atoms with Crippen molar-refractivity contribution in [3.05, 3.63) is 34.3 Å². The lowest BCUT2D eigenvalue weighted by atomic mass is 9.78. The molecule has 0 aromatic heterocycles. The molecule has 0 spiro atoms. The molecule has 3 nitrogen and oxygen atoms in total. The monoisotopic (exact) mass is 360 g/mol. The van der Waals surface area contributed by atoms with Crippen LogP contribution < -0.4 is 11.1 Å². The van der Waals surface area contributed by atoms with Gasteiger partial charge in [-0.3, -0.25) is 4.79 Å². The summed E-state index contributed by atoms with van der Waals surface area (Å²) in [6, 6.07) is 8.14. The molecule has 2 rings (SSSR count). The smallest absolute Gasteiger partial charge is 0.230 e. The molecule has 0 bridgehead atoms. The van der Waals surface area contributed by atoms with Gasteiger partial charge in [-0.2, -0.15) is 0 Å². The number of benzene rings is 1. The van der Waals surface area contributed by atoms with Crippen molar-refractivity contribution in [2.75, 3.05) is 6.54 Å². The van der Waals surface area contributed by atoms with Gasteiger partial charge in [0.25, 0.3) is 0 Å². The van der Waals surface area contributed by atoms with E-state index in [1.807, 2.05) is 19.1 Å². The highest BCUT2D eigenvalue weighted by molar-refractivity contribution is 9.10. The van der Waals surface area contributed by atoms with Gasteiger partial charge in [-0.15, -0.1) is 12.4 Å². The molecule has 0 aliphatic heterocycles. The van der Waals surface area contributed by atoms with Crippen molar-refractivity contribution in [3.63, 3.8) is 0 Å². The van der Waals surface area contributed by atoms with Gasteiger partial charge in [-0.25, -0.2) is 0 Å². The Hall–Kier alpha value is -0.580. The number of hydrogen-bond donors (Lipinski definition) is 2. The van der Waals surface area contributed by atoms with Crippen LogP contribution in [0.2, 0.25) is 0 Å². The largest absolute Gasteiger partial charge is 0.352 e. The summed E-state index contributed by atoms with van der Waals surface area (Å²) in [5, 5.41) is 3.05. The first-order valence-electron chi connectivity index (χ1n) is 6.85. The molecule has 3 N–H and O–H groups in total. The fourth-order valence-corrected chi connectivity index (χ4v) is 3.23. The van der Waals surface area contributed by atoms with Crippen molar-refractivity contribution >= 4 is 34.2 Å². The van der Waals surface area contributed by atoms with E-state index in [-0.39, 0.29) is 29.8 Å². The maximum absolute atomic E-state index is 12.7. The summed E-state index contributed by atoms with van der Waals surface area (Å²) in [6.07, 6.45) is 4.06. The Labute approximate surface area is 135 Å². The first-order chi connectivity index (χ1) is 9.08. The van der Waals surface area contributed by atoms with E-state index in [9.17, 15) is 4.79 Å². The van der Waals surface area contributed by atoms with Crippen LogP contribution in [0.5, 0.6) is 0 Å². The number of rotatable bonds is 4. The molecule has 0 radical (unpaired) electrons. The van der Waals surface area contributed by atoms with Gasteiger partial charge >= 0.3 is 0 Å². The number of amides is 1. The maximum atomic E-state index is 12.7. The van der Waals surface area contributed by atoms with Crippen LogP contribution in [0.3, 0.4) is 0 Å². The van der Waals surface area contributed by atoms with Crippen molar-refractivity contribution in [1.82, 2.24) is 5.32 Å². The molecule has 1 aromatic carbocycles. The molecule has 0 unspecified atom stereocenters. The SMILES string of the molecule is C[C@@H](CN)NC(=O)C1(c2cccc(Br)c2)CCCC1.Cl. The van der Waals surface area contributed by atoms with Crippen LogP contribution in [-0.4, -0.2) is 18.5 Å². The quantitative estimate of drug-likeness (QED) is 0.865. The normalized spacial score (nSPS) is 18.1. The second-order valence-corrected chi connectivity index (χ2v) is 6.33. The van der Waals surface area contributed by atoms with Crippen molar-refractivity contribution in [2.24, 2.45) is 5.73 Å². The van der Waals surface area contributed by atoms with Crippen molar-refractivity contribution in [3.8, 4) is 0 Å². The van der Waals surface area contributed by atoms with Crippen LogP contribution in [0.1, 0.15) is 38.2 Å². The highest BCUT2D eigenvalue weighted by atomic mass is 79.9. The predicted molar refractivity (Wildman–Crippen MR) is 88.2 cm³/mol. The van der Waals surface area contributed by atoms with E-state index in [1.54, 1.807) is 0 Å². The Morgan fingerprint density at radius 3 is 2.65 bits per heavy atom. The van der Waals surface area contributed by atoms with Gasteiger partial charge in [0, 0.05) is 17.1 Å². The highest BCUT2D eigenvalue weighted by Gasteiger charge is 2.42. The van der Waals surface area contributed by atoms with E-state index in [0.29, 0.717) is 6.54 Å². The molecule has 5 heteroatoms. The number of carbonyl (C=O) groups excluding carboxylic acids is 1. The first-order valence-corrected chi connectivity index (χ1v) is 7.65. The van der Waals surface area contributed by atoms with Crippen LogP contribution in [0.25, 0.3) is 0 Å². The molecule has 1 amide bonds. The van der Waals surface area contributed by atoms with E-state index in [1.165, 1.54) is 0 Å². The zero-order valence-corrected chi connectivity index (χ0v) is 14.1. The molecule has 1 fully saturated rings. The molecule has 1 aliphatic carbocycles. The third-order valence-corrected chi connectivity index (χ3v) is 4.49. The third kappa shape index (κ3) is 3.54. The summed E-state index contributed by atoms with van der Waals surface area (Å²) in [5.74, 6) is 0.126. The van der Waals surface area contributed by atoms with Gasteiger partial charge in [0.05, 0.1) is 5.41 Å². The summed E-state index contributed by atoms with van der Waals surface area (Å²) >= 11 is 3.50. The molecule has 0 heterocycles. The number of nitrogens with two attached hydrogens (primary N) is 1. The number of carbonyl (C=O) groups is 1. The molecular formula is C15H22BrClN2O. The molecule has 112 valence electrons. The molecule has 20 heavy (non-hydrogen) atoms. The van der Waals surface area contributed by atoms with E-state index in [0.717, 1.165) is 35.7 Å². The summed E-state index contributed by atoms with van der Waals surface area (Å²) in [4.78, 5) is 12.7. The average Bonchev–Trinajstić information content (AvgIpc) is 2.89. The average molecular weight is 362 g/mol. The summed E-state index contributed by atoms with van der Waals surface area (Å²) < 4.78 is 1.02. The van der Waals surface area contributed by atoms with Crippen LogP contribution in [0.4, 0.5) is 0 Å². The topological polar surface area (TPSA) is 55.1 Å². The first kappa shape index (κ1) is 17.5. The number of nitrogens with one attached hydrogen (secondary N) is 1. The van der Waals surface area contributed by atoms with Crippen molar-refractivity contribution in [2.45, 2.75) is 44.1 Å².